The van der Waals surface area contributed by atoms with Gasteiger partial charge in [-0.3, -0.25) is 14.5 Å². The lowest BCUT2D eigenvalue weighted by Gasteiger charge is -2.13. The van der Waals surface area contributed by atoms with Gasteiger partial charge in [0.2, 0.25) is 0 Å². The maximum atomic E-state index is 12.6. The van der Waals surface area contributed by atoms with E-state index < -0.39 is 0 Å². The third-order valence-corrected chi connectivity index (χ3v) is 5.15. The number of thiazole rings is 1. The highest BCUT2D eigenvalue weighted by atomic mass is 32.1. The van der Waals surface area contributed by atoms with Crippen molar-refractivity contribution in [2.75, 3.05) is 12.4 Å². The zero-order valence-electron chi connectivity index (χ0n) is 16.4. The van der Waals surface area contributed by atoms with Crippen LogP contribution in [0, 0.1) is 0 Å². The smallest absolute Gasteiger partial charge is 0.275 e. The fraction of sp³-hybridized carbons (Fsp3) is 0.143. The van der Waals surface area contributed by atoms with Gasteiger partial charge in [0, 0.05) is 48.3 Å². The fourth-order valence-corrected chi connectivity index (χ4v) is 3.52. The van der Waals surface area contributed by atoms with Gasteiger partial charge in [-0.2, -0.15) is 5.10 Å². The summed E-state index contributed by atoms with van der Waals surface area (Å²) in [5.41, 5.74) is 2.78. The molecular formula is C21H19N5O3S. The predicted molar refractivity (Wildman–Crippen MR) is 114 cm³/mol. The van der Waals surface area contributed by atoms with E-state index in [-0.39, 0.29) is 5.91 Å². The second-order valence-corrected chi connectivity index (χ2v) is 7.26. The van der Waals surface area contributed by atoms with E-state index in [0.717, 1.165) is 16.1 Å². The number of carbonyl (C=O) groups excluding carboxylic acids is 1. The lowest BCUT2D eigenvalue weighted by atomic mass is 10.2. The Kier molecular flexibility index (Phi) is 5.71. The number of rotatable bonds is 7. The number of anilines is 1. The van der Waals surface area contributed by atoms with Gasteiger partial charge in [-0.1, -0.05) is 0 Å². The monoisotopic (exact) mass is 421 g/mol. The van der Waals surface area contributed by atoms with Crippen LogP contribution < -0.4 is 14.8 Å². The fourth-order valence-electron chi connectivity index (χ4n) is 2.74. The van der Waals surface area contributed by atoms with Gasteiger partial charge in [0.1, 0.15) is 17.3 Å². The molecule has 0 bridgehead atoms. The van der Waals surface area contributed by atoms with E-state index in [9.17, 15) is 4.79 Å². The minimum atomic E-state index is -0.299. The molecule has 0 aliphatic rings. The summed E-state index contributed by atoms with van der Waals surface area (Å²) >= 11 is 1.39. The zero-order chi connectivity index (χ0) is 20.9. The SMILES string of the molecule is COc1ccc(NC(=O)c2csc(-c3cnn(C)c3)n2)cc1OCc1ccncc1. The topological polar surface area (TPSA) is 91.2 Å². The number of benzene rings is 1. The van der Waals surface area contributed by atoms with Gasteiger partial charge in [0.15, 0.2) is 11.5 Å². The van der Waals surface area contributed by atoms with Gasteiger partial charge in [0.05, 0.1) is 13.3 Å². The summed E-state index contributed by atoms with van der Waals surface area (Å²) in [5, 5.41) is 9.46. The number of pyridine rings is 1. The molecule has 1 aromatic carbocycles. The predicted octanol–water partition coefficient (Wildman–Crippen LogP) is 3.78. The Balaban J connectivity index is 1.47. The molecule has 0 fully saturated rings. The maximum absolute atomic E-state index is 12.6. The van der Waals surface area contributed by atoms with Crippen LogP contribution in [0.4, 0.5) is 5.69 Å². The summed E-state index contributed by atoms with van der Waals surface area (Å²) in [6.07, 6.45) is 6.99. The molecular weight excluding hydrogens is 402 g/mol. The largest absolute Gasteiger partial charge is 0.493 e. The standard InChI is InChI=1S/C21H19N5O3S/c1-26-11-15(10-23-26)21-25-17(13-30-21)20(27)24-16-3-4-18(28-2)19(9-16)29-12-14-5-7-22-8-6-14/h3-11,13H,12H2,1-2H3,(H,24,27). The minimum Gasteiger partial charge on any atom is -0.493 e. The van der Waals surface area contributed by atoms with E-state index in [2.05, 4.69) is 20.4 Å². The van der Waals surface area contributed by atoms with Gasteiger partial charge in [-0.05, 0) is 29.8 Å². The van der Waals surface area contributed by atoms with E-state index in [1.807, 2.05) is 25.4 Å². The van der Waals surface area contributed by atoms with Crippen LogP contribution in [0.5, 0.6) is 11.5 Å². The first kappa shape index (κ1) is 19.6. The van der Waals surface area contributed by atoms with Crippen LogP contribution in [-0.2, 0) is 13.7 Å². The van der Waals surface area contributed by atoms with Gasteiger partial charge in [0.25, 0.3) is 5.91 Å². The molecule has 0 saturated carbocycles. The summed E-state index contributed by atoms with van der Waals surface area (Å²) in [7, 11) is 3.41. The molecule has 1 amide bonds. The van der Waals surface area contributed by atoms with Gasteiger partial charge in [-0.15, -0.1) is 11.3 Å². The molecule has 8 nitrogen and oxygen atoms in total. The number of ether oxygens (including phenoxy) is 2. The van der Waals surface area contributed by atoms with Crippen molar-refractivity contribution in [1.82, 2.24) is 19.7 Å². The molecule has 0 saturated heterocycles. The van der Waals surface area contributed by atoms with Gasteiger partial charge < -0.3 is 14.8 Å². The summed E-state index contributed by atoms with van der Waals surface area (Å²) in [6.45, 7) is 0.358. The van der Waals surface area contributed by atoms with Crippen LogP contribution in [0.25, 0.3) is 10.6 Å². The number of aryl methyl sites for hydroxylation is 1. The van der Waals surface area contributed by atoms with Crippen molar-refractivity contribution in [3.63, 3.8) is 0 Å². The Morgan fingerprint density at radius 2 is 2.03 bits per heavy atom. The first-order valence-corrected chi connectivity index (χ1v) is 9.96. The van der Waals surface area contributed by atoms with Crippen LogP contribution in [0.15, 0.2) is 60.5 Å². The van der Waals surface area contributed by atoms with Crippen LogP contribution in [-0.4, -0.2) is 32.8 Å². The number of aromatic nitrogens is 4. The molecule has 0 unspecified atom stereocenters. The Bertz CT molecular complexity index is 1160. The highest BCUT2D eigenvalue weighted by Crippen LogP contribution is 2.31. The molecule has 152 valence electrons. The molecule has 9 heteroatoms. The van der Waals surface area contributed by atoms with Crippen molar-refractivity contribution in [3.8, 4) is 22.1 Å². The second-order valence-electron chi connectivity index (χ2n) is 6.40. The third kappa shape index (κ3) is 4.47. The van der Waals surface area contributed by atoms with E-state index in [1.54, 1.807) is 54.0 Å². The second kappa shape index (κ2) is 8.75. The van der Waals surface area contributed by atoms with Crippen molar-refractivity contribution in [2.24, 2.45) is 7.05 Å². The van der Waals surface area contributed by atoms with E-state index in [4.69, 9.17) is 9.47 Å². The van der Waals surface area contributed by atoms with E-state index >= 15 is 0 Å². The molecule has 0 spiro atoms. The number of amides is 1. The zero-order valence-corrected chi connectivity index (χ0v) is 17.2. The molecule has 0 radical (unpaired) electrons. The quantitative estimate of drug-likeness (QED) is 0.488. The molecule has 1 N–H and O–H groups in total. The average molecular weight is 421 g/mol. The summed E-state index contributed by atoms with van der Waals surface area (Å²) in [4.78, 5) is 21.1. The molecule has 4 rings (SSSR count). The third-order valence-electron chi connectivity index (χ3n) is 4.25. The Hall–Kier alpha value is -3.72. The van der Waals surface area contributed by atoms with Crippen molar-refractivity contribution >= 4 is 22.9 Å². The van der Waals surface area contributed by atoms with E-state index in [0.29, 0.717) is 29.5 Å². The summed E-state index contributed by atoms with van der Waals surface area (Å²) < 4.78 is 12.9. The van der Waals surface area contributed by atoms with Crippen LogP contribution >= 0.6 is 11.3 Å². The Morgan fingerprint density at radius 3 is 2.77 bits per heavy atom. The number of hydrogen-bond donors (Lipinski definition) is 1. The number of hydrogen-bond acceptors (Lipinski definition) is 7. The molecule has 4 aromatic rings. The molecule has 0 atom stereocenters. The Labute approximate surface area is 177 Å². The van der Waals surface area contributed by atoms with Crippen molar-refractivity contribution in [2.45, 2.75) is 6.61 Å². The molecule has 3 aromatic heterocycles. The molecule has 3 heterocycles. The number of methoxy groups -OCH3 is 1. The number of nitrogens with zero attached hydrogens (tertiary/aromatic N) is 4. The normalized spacial score (nSPS) is 10.6. The number of carbonyl (C=O) groups is 1. The summed E-state index contributed by atoms with van der Waals surface area (Å²) in [5.74, 6) is 0.808. The van der Waals surface area contributed by atoms with Gasteiger partial charge >= 0.3 is 0 Å². The van der Waals surface area contributed by atoms with Crippen molar-refractivity contribution in [1.29, 1.82) is 0 Å². The number of nitrogens with one attached hydrogen (secondary N) is 1. The molecule has 30 heavy (non-hydrogen) atoms. The lowest BCUT2D eigenvalue weighted by Crippen LogP contribution is -2.12. The highest BCUT2D eigenvalue weighted by Gasteiger charge is 2.14. The highest BCUT2D eigenvalue weighted by molar-refractivity contribution is 7.13. The Morgan fingerprint density at radius 1 is 1.20 bits per heavy atom. The van der Waals surface area contributed by atoms with Crippen LogP contribution in [0.2, 0.25) is 0 Å². The van der Waals surface area contributed by atoms with Gasteiger partial charge in [-0.25, -0.2) is 4.98 Å². The van der Waals surface area contributed by atoms with Crippen molar-refractivity contribution < 1.29 is 14.3 Å². The average Bonchev–Trinajstić information content (AvgIpc) is 3.42. The van der Waals surface area contributed by atoms with Crippen LogP contribution in [0.1, 0.15) is 16.1 Å². The van der Waals surface area contributed by atoms with Crippen molar-refractivity contribution in [3.05, 3.63) is 71.8 Å². The minimum absolute atomic E-state index is 0.299. The molecule has 0 aliphatic heterocycles. The first-order valence-electron chi connectivity index (χ1n) is 9.08. The molecule has 0 aliphatic carbocycles. The van der Waals surface area contributed by atoms with Crippen LogP contribution in [0.3, 0.4) is 0 Å². The first-order chi connectivity index (χ1) is 14.6. The maximum Gasteiger partial charge on any atom is 0.275 e. The lowest BCUT2D eigenvalue weighted by molar-refractivity contribution is 0.102. The summed E-state index contributed by atoms with van der Waals surface area (Å²) in [6, 6.07) is 8.98. The van der Waals surface area contributed by atoms with E-state index in [1.165, 1.54) is 11.3 Å².